The third kappa shape index (κ3) is 4.05. The molecule has 152 valence electrons. The molecule has 1 saturated carbocycles. The molecule has 3 N–H and O–H groups in total. The number of urea groups is 2. The van der Waals surface area contributed by atoms with Crippen LogP contribution in [0.2, 0.25) is 0 Å². The summed E-state index contributed by atoms with van der Waals surface area (Å²) in [7, 11) is 0. The number of amides is 5. The van der Waals surface area contributed by atoms with Crippen LogP contribution in [0.25, 0.3) is 0 Å². The van der Waals surface area contributed by atoms with Crippen LogP contribution in [0.5, 0.6) is 0 Å². The lowest BCUT2D eigenvalue weighted by molar-refractivity contribution is -0.122. The van der Waals surface area contributed by atoms with Crippen LogP contribution in [0.1, 0.15) is 59.3 Å². The van der Waals surface area contributed by atoms with Crippen LogP contribution in [0, 0.1) is 5.41 Å². The molecule has 27 heavy (non-hydrogen) atoms. The van der Waals surface area contributed by atoms with Gasteiger partial charge in [-0.05, 0) is 31.1 Å². The first-order valence-electron chi connectivity index (χ1n) is 10.0. The van der Waals surface area contributed by atoms with E-state index in [4.69, 9.17) is 10.5 Å². The predicted molar refractivity (Wildman–Crippen MR) is 99.9 cm³/mol. The number of hydrogen-bond donors (Lipinski definition) is 2. The number of primary amides is 1. The molecule has 1 aliphatic carbocycles. The topological polar surface area (TPSA) is 105 Å². The zero-order chi connectivity index (χ0) is 19.8. The highest BCUT2D eigenvalue weighted by molar-refractivity contribution is 5.98. The Labute approximate surface area is 160 Å². The molecule has 2 saturated heterocycles. The number of fused-ring (bicyclic) bond motifs is 1. The zero-order valence-corrected chi connectivity index (χ0v) is 16.6. The third-order valence-corrected chi connectivity index (χ3v) is 5.94. The molecule has 8 heteroatoms. The number of nitrogens with two attached hydrogens (primary N) is 1. The first-order chi connectivity index (χ1) is 12.7. The van der Waals surface area contributed by atoms with Crippen molar-refractivity contribution >= 4 is 18.0 Å². The smallest absolute Gasteiger partial charge is 0.328 e. The summed E-state index contributed by atoms with van der Waals surface area (Å²) in [5.41, 5.74) is 4.95. The minimum absolute atomic E-state index is 0.0304. The van der Waals surface area contributed by atoms with Gasteiger partial charge in [0, 0.05) is 13.2 Å². The van der Waals surface area contributed by atoms with E-state index in [1.54, 1.807) is 0 Å². The van der Waals surface area contributed by atoms with E-state index < -0.39 is 23.4 Å². The van der Waals surface area contributed by atoms with E-state index in [1.807, 2.05) is 25.7 Å². The van der Waals surface area contributed by atoms with Crippen LogP contribution in [0.15, 0.2) is 0 Å². The van der Waals surface area contributed by atoms with Gasteiger partial charge in [0.15, 0.2) is 0 Å². The third-order valence-electron chi connectivity index (χ3n) is 5.94. The van der Waals surface area contributed by atoms with Gasteiger partial charge in [-0.15, -0.1) is 0 Å². The molecule has 0 radical (unpaired) electrons. The number of imide groups is 1. The number of carbonyl (C=O) groups excluding carboxylic acids is 3. The van der Waals surface area contributed by atoms with Crippen molar-refractivity contribution in [3.05, 3.63) is 0 Å². The molecule has 3 aliphatic rings. The first kappa shape index (κ1) is 19.9. The molecule has 3 fully saturated rings. The van der Waals surface area contributed by atoms with Crippen molar-refractivity contribution in [1.29, 1.82) is 0 Å². The Morgan fingerprint density at radius 2 is 1.85 bits per heavy atom. The van der Waals surface area contributed by atoms with Crippen LogP contribution in [-0.4, -0.2) is 65.2 Å². The summed E-state index contributed by atoms with van der Waals surface area (Å²) in [4.78, 5) is 41.1. The quantitative estimate of drug-likeness (QED) is 0.776. The van der Waals surface area contributed by atoms with Crippen molar-refractivity contribution in [2.24, 2.45) is 11.1 Å². The standard InChI is InChI=1S/C19H32N4O4/c1-19(2,3)15(16(20)24)21-17(25)23-14-9-5-4-8-13(14)22(18(23)26)11-12-7-6-10-27-12/h12-15H,4-11H2,1-3H3,(H2,20,24)(H,21,25)/t12?,13?,14?,15-/m1/s1. The van der Waals surface area contributed by atoms with Gasteiger partial charge in [0.25, 0.3) is 0 Å². The highest BCUT2D eigenvalue weighted by atomic mass is 16.5. The van der Waals surface area contributed by atoms with Gasteiger partial charge in [-0.2, -0.15) is 0 Å². The number of ether oxygens (including phenoxy) is 1. The van der Waals surface area contributed by atoms with Crippen molar-refractivity contribution in [2.75, 3.05) is 13.2 Å². The maximum Gasteiger partial charge on any atom is 0.328 e. The first-order valence-corrected chi connectivity index (χ1v) is 10.0. The minimum Gasteiger partial charge on any atom is -0.376 e. The largest absolute Gasteiger partial charge is 0.376 e. The van der Waals surface area contributed by atoms with Gasteiger partial charge in [-0.3, -0.25) is 4.79 Å². The highest BCUT2D eigenvalue weighted by Crippen LogP contribution is 2.35. The summed E-state index contributed by atoms with van der Waals surface area (Å²) < 4.78 is 5.71. The summed E-state index contributed by atoms with van der Waals surface area (Å²) >= 11 is 0. The second-order valence-electron chi connectivity index (χ2n) is 9.01. The number of nitrogens with zero attached hydrogens (tertiary/aromatic N) is 2. The van der Waals surface area contributed by atoms with E-state index >= 15 is 0 Å². The van der Waals surface area contributed by atoms with Crippen LogP contribution in [0.3, 0.4) is 0 Å². The zero-order valence-electron chi connectivity index (χ0n) is 16.6. The van der Waals surface area contributed by atoms with Gasteiger partial charge in [0.1, 0.15) is 6.04 Å². The lowest BCUT2D eigenvalue weighted by atomic mass is 9.86. The molecule has 3 rings (SSSR count). The van der Waals surface area contributed by atoms with Crippen molar-refractivity contribution < 1.29 is 19.1 Å². The lowest BCUT2D eigenvalue weighted by Gasteiger charge is -2.33. The minimum atomic E-state index is -0.841. The molecule has 0 spiro atoms. The Balaban J connectivity index is 1.77. The Kier molecular flexibility index (Phi) is 5.65. The van der Waals surface area contributed by atoms with E-state index in [0.717, 1.165) is 45.1 Å². The van der Waals surface area contributed by atoms with E-state index in [2.05, 4.69) is 5.32 Å². The van der Waals surface area contributed by atoms with E-state index in [0.29, 0.717) is 6.54 Å². The average molecular weight is 380 g/mol. The molecule has 0 bridgehead atoms. The summed E-state index contributed by atoms with van der Waals surface area (Å²) in [5.74, 6) is -0.598. The summed E-state index contributed by atoms with van der Waals surface area (Å²) in [6.45, 7) is 6.77. The molecular formula is C19H32N4O4. The summed E-state index contributed by atoms with van der Waals surface area (Å²) in [6, 6.07) is -1.77. The fourth-order valence-corrected chi connectivity index (χ4v) is 4.54. The van der Waals surface area contributed by atoms with Crippen LogP contribution in [0.4, 0.5) is 9.59 Å². The second-order valence-corrected chi connectivity index (χ2v) is 9.01. The van der Waals surface area contributed by atoms with Crippen molar-refractivity contribution in [3.63, 3.8) is 0 Å². The number of rotatable bonds is 4. The SMILES string of the molecule is CC(C)(C)[C@H](NC(=O)N1C(=O)N(CC2CCCO2)C2CCCCC21)C(N)=O. The Morgan fingerprint density at radius 1 is 1.19 bits per heavy atom. The van der Waals surface area contributed by atoms with Gasteiger partial charge in [0.2, 0.25) is 5.91 Å². The Hall–Kier alpha value is -1.83. The summed E-state index contributed by atoms with van der Waals surface area (Å²) in [5, 5.41) is 2.71. The lowest BCUT2D eigenvalue weighted by Crippen LogP contribution is -2.57. The summed E-state index contributed by atoms with van der Waals surface area (Å²) in [6.07, 6.45) is 5.74. The molecule has 5 amide bonds. The maximum absolute atomic E-state index is 13.1. The molecule has 0 aromatic carbocycles. The Bertz CT molecular complexity index is 597. The number of hydrogen-bond acceptors (Lipinski definition) is 4. The molecule has 8 nitrogen and oxygen atoms in total. The molecule has 3 unspecified atom stereocenters. The fourth-order valence-electron chi connectivity index (χ4n) is 4.54. The van der Waals surface area contributed by atoms with E-state index in [9.17, 15) is 14.4 Å². The molecule has 2 heterocycles. The van der Waals surface area contributed by atoms with E-state index in [1.165, 1.54) is 4.90 Å². The van der Waals surface area contributed by atoms with Gasteiger partial charge >= 0.3 is 12.1 Å². The van der Waals surface area contributed by atoms with Crippen molar-refractivity contribution in [1.82, 2.24) is 15.1 Å². The Morgan fingerprint density at radius 3 is 2.41 bits per heavy atom. The second kappa shape index (κ2) is 7.66. The van der Waals surface area contributed by atoms with Crippen molar-refractivity contribution in [2.45, 2.75) is 83.5 Å². The molecule has 2 aliphatic heterocycles. The molecule has 0 aromatic heterocycles. The maximum atomic E-state index is 13.1. The molecular weight excluding hydrogens is 348 g/mol. The van der Waals surface area contributed by atoms with Crippen LogP contribution >= 0.6 is 0 Å². The molecule has 4 atom stereocenters. The monoisotopic (exact) mass is 380 g/mol. The normalized spacial score (nSPS) is 29.6. The van der Waals surface area contributed by atoms with Crippen molar-refractivity contribution in [3.8, 4) is 0 Å². The fraction of sp³-hybridized carbons (Fsp3) is 0.842. The number of carbonyl (C=O) groups is 3. The predicted octanol–water partition coefficient (Wildman–Crippen LogP) is 1.82. The van der Waals surface area contributed by atoms with E-state index in [-0.39, 0.29) is 24.2 Å². The molecule has 0 aromatic rings. The average Bonchev–Trinajstić information content (AvgIpc) is 3.19. The van der Waals surface area contributed by atoms with Gasteiger partial charge < -0.3 is 20.7 Å². The van der Waals surface area contributed by atoms with Gasteiger partial charge in [-0.1, -0.05) is 33.6 Å². The van der Waals surface area contributed by atoms with Gasteiger partial charge in [0.05, 0.1) is 18.2 Å². The number of nitrogens with one attached hydrogen (secondary N) is 1. The van der Waals surface area contributed by atoms with Gasteiger partial charge in [-0.25, -0.2) is 14.5 Å². The highest BCUT2D eigenvalue weighted by Gasteiger charge is 2.50. The van der Waals surface area contributed by atoms with Crippen LogP contribution < -0.4 is 11.1 Å². The van der Waals surface area contributed by atoms with Crippen LogP contribution in [-0.2, 0) is 9.53 Å².